The molecule has 7 nitrogen and oxygen atoms in total. The molecule has 1 unspecified atom stereocenters. The van der Waals surface area contributed by atoms with Gasteiger partial charge in [-0.15, -0.1) is 0 Å². The Bertz CT molecular complexity index is 1000. The van der Waals surface area contributed by atoms with E-state index in [0.717, 1.165) is 49.4 Å². The molecular weight excluding hydrogens is 380 g/mol. The van der Waals surface area contributed by atoms with Crippen molar-refractivity contribution in [3.8, 4) is 17.1 Å². The fourth-order valence-corrected chi connectivity index (χ4v) is 3.89. The molecule has 2 N–H and O–H groups in total. The van der Waals surface area contributed by atoms with E-state index < -0.39 is 0 Å². The molecular formula is C23H26N4O3. The molecule has 156 valence electrons. The normalized spacial score (nSPS) is 17.0. The summed E-state index contributed by atoms with van der Waals surface area (Å²) in [5.74, 6) is 1.31. The van der Waals surface area contributed by atoms with Gasteiger partial charge >= 0.3 is 0 Å². The number of hydrogen-bond donors (Lipinski definition) is 2. The van der Waals surface area contributed by atoms with Crippen molar-refractivity contribution in [2.24, 2.45) is 0 Å². The van der Waals surface area contributed by atoms with Crippen LogP contribution in [0.15, 0.2) is 59.7 Å². The highest BCUT2D eigenvalue weighted by Gasteiger charge is 2.26. The number of rotatable bonds is 7. The molecule has 1 aliphatic heterocycles. The summed E-state index contributed by atoms with van der Waals surface area (Å²) in [6.45, 7) is 2.04. The molecule has 1 fully saturated rings. The number of ether oxygens (including phenoxy) is 1. The van der Waals surface area contributed by atoms with Crippen LogP contribution in [0.4, 0.5) is 0 Å². The Morgan fingerprint density at radius 3 is 2.83 bits per heavy atom. The summed E-state index contributed by atoms with van der Waals surface area (Å²) in [7, 11) is 0. The molecule has 3 heterocycles. The minimum absolute atomic E-state index is 0.00144. The molecule has 0 bridgehead atoms. The van der Waals surface area contributed by atoms with Crippen molar-refractivity contribution < 1.29 is 9.84 Å². The summed E-state index contributed by atoms with van der Waals surface area (Å²) in [5, 5.41) is 8.88. The van der Waals surface area contributed by atoms with Crippen LogP contribution >= 0.6 is 0 Å². The Morgan fingerprint density at radius 1 is 1.20 bits per heavy atom. The third-order valence-corrected chi connectivity index (χ3v) is 5.32. The number of aromatic nitrogens is 3. The minimum atomic E-state index is -0.144. The quantitative estimate of drug-likeness (QED) is 0.627. The van der Waals surface area contributed by atoms with Crippen LogP contribution in [0.2, 0.25) is 0 Å². The van der Waals surface area contributed by atoms with Crippen LogP contribution in [-0.2, 0) is 6.54 Å². The van der Waals surface area contributed by atoms with Crippen LogP contribution in [0, 0.1) is 0 Å². The molecule has 0 aliphatic carbocycles. The number of aliphatic hydroxyl groups is 1. The average molecular weight is 406 g/mol. The summed E-state index contributed by atoms with van der Waals surface area (Å²) in [4.78, 5) is 26.5. The maximum Gasteiger partial charge on any atom is 0.251 e. The van der Waals surface area contributed by atoms with Crippen LogP contribution in [0.5, 0.6) is 5.75 Å². The number of hydrogen-bond acceptors (Lipinski definition) is 6. The molecule has 0 amide bonds. The molecule has 0 radical (unpaired) electrons. The van der Waals surface area contributed by atoms with Gasteiger partial charge in [-0.1, -0.05) is 18.6 Å². The molecule has 2 aromatic heterocycles. The summed E-state index contributed by atoms with van der Waals surface area (Å²) >= 11 is 0. The lowest BCUT2D eigenvalue weighted by Gasteiger charge is -2.35. The number of piperidine rings is 1. The van der Waals surface area contributed by atoms with Gasteiger partial charge in [-0.3, -0.25) is 14.7 Å². The first-order valence-corrected chi connectivity index (χ1v) is 10.3. The lowest BCUT2D eigenvalue weighted by molar-refractivity contribution is 0.137. The van der Waals surface area contributed by atoms with Gasteiger partial charge in [-0.2, -0.15) is 0 Å². The predicted molar refractivity (Wildman–Crippen MR) is 114 cm³/mol. The van der Waals surface area contributed by atoms with Gasteiger partial charge in [0.2, 0.25) is 0 Å². The molecule has 1 aromatic carbocycles. The lowest BCUT2D eigenvalue weighted by Crippen LogP contribution is -2.34. The van der Waals surface area contributed by atoms with E-state index in [1.54, 1.807) is 18.5 Å². The lowest BCUT2D eigenvalue weighted by atomic mass is 9.98. The Balaban J connectivity index is 1.55. The number of benzene rings is 1. The van der Waals surface area contributed by atoms with Crippen molar-refractivity contribution in [3.63, 3.8) is 0 Å². The zero-order chi connectivity index (χ0) is 20.8. The summed E-state index contributed by atoms with van der Waals surface area (Å²) in [6.07, 6.45) is 6.63. The number of nitrogens with zero attached hydrogens (tertiary/aromatic N) is 3. The van der Waals surface area contributed by atoms with Crippen LogP contribution in [0.25, 0.3) is 11.4 Å². The second-order valence-corrected chi connectivity index (χ2v) is 7.46. The summed E-state index contributed by atoms with van der Waals surface area (Å²) in [6, 6.07) is 13.4. The van der Waals surface area contributed by atoms with Crippen molar-refractivity contribution in [1.29, 1.82) is 0 Å². The van der Waals surface area contributed by atoms with E-state index in [1.165, 1.54) is 5.56 Å². The molecule has 1 atom stereocenters. The average Bonchev–Trinajstić information content (AvgIpc) is 2.79. The number of aromatic amines is 1. The highest BCUT2D eigenvalue weighted by molar-refractivity contribution is 5.52. The Kier molecular flexibility index (Phi) is 6.51. The molecule has 30 heavy (non-hydrogen) atoms. The SMILES string of the molecule is O=c1cc(C2CCCCN2Cc2ccc(OCCO)cc2)nc(-c2cccnc2)[nH]1. The molecule has 7 heteroatoms. The van der Waals surface area contributed by atoms with Crippen LogP contribution in [0.3, 0.4) is 0 Å². The van der Waals surface area contributed by atoms with Gasteiger partial charge in [0.1, 0.15) is 18.2 Å². The van der Waals surface area contributed by atoms with Gasteiger partial charge in [-0.25, -0.2) is 4.98 Å². The van der Waals surface area contributed by atoms with Crippen LogP contribution < -0.4 is 10.3 Å². The second kappa shape index (κ2) is 9.65. The van der Waals surface area contributed by atoms with E-state index in [0.29, 0.717) is 12.4 Å². The summed E-state index contributed by atoms with van der Waals surface area (Å²) in [5.41, 5.74) is 2.64. The smallest absolute Gasteiger partial charge is 0.251 e. The first kappa shape index (κ1) is 20.3. The standard InChI is InChI=1S/C23H26N4O3/c28-12-13-30-19-8-6-17(7-9-19)16-27-11-2-1-5-21(27)20-14-22(29)26-23(25-20)18-4-3-10-24-15-18/h3-4,6-10,14-15,21,28H,1-2,5,11-13,16H2,(H,25,26,29). The van der Waals surface area contributed by atoms with E-state index in [1.807, 2.05) is 36.4 Å². The van der Waals surface area contributed by atoms with E-state index in [-0.39, 0.29) is 18.2 Å². The van der Waals surface area contributed by atoms with Crippen molar-refractivity contribution in [2.45, 2.75) is 31.8 Å². The minimum Gasteiger partial charge on any atom is -0.491 e. The third-order valence-electron chi connectivity index (χ3n) is 5.32. The third kappa shape index (κ3) is 4.93. The van der Waals surface area contributed by atoms with Gasteiger partial charge in [0.15, 0.2) is 0 Å². The molecule has 1 saturated heterocycles. The highest BCUT2D eigenvalue weighted by Crippen LogP contribution is 2.31. The maximum atomic E-state index is 12.3. The molecule has 3 aromatic rings. The fraction of sp³-hybridized carbons (Fsp3) is 0.348. The zero-order valence-corrected chi connectivity index (χ0v) is 16.8. The first-order valence-electron chi connectivity index (χ1n) is 10.3. The van der Waals surface area contributed by atoms with Gasteiger partial charge in [-0.05, 0) is 49.2 Å². The highest BCUT2D eigenvalue weighted by atomic mass is 16.5. The van der Waals surface area contributed by atoms with Crippen molar-refractivity contribution >= 4 is 0 Å². The number of pyridine rings is 1. The topological polar surface area (TPSA) is 91.3 Å². The fourth-order valence-electron chi connectivity index (χ4n) is 3.89. The van der Waals surface area contributed by atoms with Gasteiger partial charge in [0.25, 0.3) is 5.56 Å². The van der Waals surface area contributed by atoms with Gasteiger partial charge in [0, 0.05) is 30.6 Å². The second-order valence-electron chi connectivity index (χ2n) is 7.46. The Hall–Kier alpha value is -3.03. The number of aliphatic hydroxyl groups excluding tert-OH is 1. The van der Waals surface area contributed by atoms with E-state index in [9.17, 15) is 4.79 Å². The number of H-pyrrole nitrogens is 1. The number of likely N-dealkylation sites (tertiary alicyclic amines) is 1. The van der Waals surface area contributed by atoms with Crippen molar-refractivity contribution in [1.82, 2.24) is 19.9 Å². The maximum absolute atomic E-state index is 12.3. The van der Waals surface area contributed by atoms with E-state index >= 15 is 0 Å². The summed E-state index contributed by atoms with van der Waals surface area (Å²) < 4.78 is 5.44. The molecule has 1 aliphatic rings. The predicted octanol–water partition coefficient (Wildman–Crippen LogP) is 2.93. The van der Waals surface area contributed by atoms with Crippen molar-refractivity contribution in [2.75, 3.05) is 19.8 Å². The molecule has 0 saturated carbocycles. The Morgan fingerprint density at radius 2 is 2.07 bits per heavy atom. The van der Waals surface area contributed by atoms with Gasteiger partial charge < -0.3 is 14.8 Å². The van der Waals surface area contributed by atoms with Crippen LogP contribution in [0.1, 0.15) is 36.6 Å². The monoisotopic (exact) mass is 406 g/mol. The van der Waals surface area contributed by atoms with Crippen LogP contribution in [-0.4, -0.2) is 44.7 Å². The molecule has 4 rings (SSSR count). The van der Waals surface area contributed by atoms with Gasteiger partial charge in [0.05, 0.1) is 18.3 Å². The van der Waals surface area contributed by atoms with E-state index in [4.69, 9.17) is 14.8 Å². The van der Waals surface area contributed by atoms with E-state index in [2.05, 4.69) is 14.9 Å². The largest absolute Gasteiger partial charge is 0.491 e. The zero-order valence-electron chi connectivity index (χ0n) is 16.8. The molecule has 0 spiro atoms. The van der Waals surface area contributed by atoms with Crippen molar-refractivity contribution in [3.05, 3.63) is 76.5 Å². The Labute approximate surface area is 175 Å². The number of nitrogens with one attached hydrogen (secondary N) is 1. The first-order chi connectivity index (χ1) is 14.7.